The molecule has 0 spiro atoms. The molecule has 0 aliphatic heterocycles. The van der Waals surface area contributed by atoms with Crippen LogP contribution in [0.25, 0.3) is 22.8 Å². The second kappa shape index (κ2) is 9.67. The SMILES string of the molecule is CC1Cc2ccc(O)cc2C=C1OC1=CCC2(C)CC(C)C(O)=C(c3ccc(-c4cccc(O)c4)c(O)c3)C2=C1. The van der Waals surface area contributed by atoms with E-state index < -0.39 is 0 Å². The van der Waals surface area contributed by atoms with E-state index >= 15 is 0 Å². The third kappa shape index (κ3) is 4.56. The maximum atomic E-state index is 11.4. The molecule has 0 aromatic heterocycles. The van der Waals surface area contributed by atoms with Crippen LogP contribution >= 0.6 is 0 Å². The Labute approximate surface area is 234 Å². The van der Waals surface area contributed by atoms with E-state index in [0.29, 0.717) is 16.9 Å². The zero-order chi connectivity index (χ0) is 28.2. The number of aromatic hydroxyl groups is 3. The molecule has 0 fully saturated rings. The fourth-order valence-electron chi connectivity index (χ4n) is 6.41. The van der Waals surface area contributed by atoms with Gasteiger partial charge in [0.1, 0.15) is 34.5 Å². The number of hydrogen-bond donors (Lipinski definition) is 4. The zero-order valence-corrected chi connectivity index (χ0v) is 23.0. The Hall–Kier alpha value is -4.38. The molecular formula is C35H34O5. The van der Waals surface area contributed by atoms with Crippen LogP contribution in [0.3, 0.4) is 0 Å². The second-order valence-corrected chi connectivity index (χ2v) is 11.7. The van der Waals surface area contributed by atoms with E-state index in [1.165, 1.54) is 5.56 Å². The lowest BCUT2D eigenvalue weighted by molar-refractivity contribution is 0.232. The van der Waals surface area contributed by atoms with Crippen molar-refractivity contribution in [2.24, 2.45) is 17.3 Å². The van der Waals surface area contributed by atoms with Gasteiger partial charge in [0.15, 0.2) is 0 Å². The predicted octanol–water partition coefficient (Wildman–Crippen LogP) is 8.25. The van der Waals surface area contributed by atoms with Gasteiger partial charge in [0.25, 0.3) is 0 Å². The highest BCUT2D eigenvalue weighted by Gasteiger charge is 2.41. The highest BCUT2D eigenvalue weighted by atomic mass is 16.5. The van der Waals surface area contributed by atoms with Gasteiger partial charge in [-0.3, -0.25) is 0 Å². The van der Waals surface area contributed by atoms with Crippen molar-refractivity contribution in [3.05, 3.63) is 112 Å². The van der Waals surface area contributed by atoms with E-state index in [-0.39, 0.29) is 34.5 Å². The van der Waals surface area contributed by atoms with Crippen LogP contribution in [0.5, 0.6) is 17.2 Å². The van der Waals surface area contributed by atoms with Gasteiger partial charge in [-0.15, -0.1) is 0 Å². The Morgan fingerprint density at radius 1 is 0.825 bits per heavy atom. The van der Waals surface area contributed by atoms with Crippen LogP contribution in [-0.4, -0.2) is 20.4 Å². The molecule has 3 aromatic carbocycles. The van der Waals surface area contributed by atoms with E-state index in [0.717, 1.165) is 53.1 Å². The average Bonchev–Trinajstić information content (AvgIpc) is 2.91. The second-order valence-electron chi connectivity index (χ2n) is 11.7. The zero-order valence-electron chi connectivity index (χ0n) is 23.0. The van der Waals surface area contributed by atoms with Gasteiger partial charge in [-0.1, -0.05) is 51.1 Å². The molecule has 0 heterocycles. The molecule has 3 aromatic rings. The Balaban J connectivity index is 1.37. The summed E-state index contributed by atoms with van der Waals surface area (Å²) < 4.78 is 6.48. The van der Waals surface area contributed by atoms with Gasteiger partial charge in [0.2, 0.25) is 0 Å². The molecule has 4 N–H and O–H groups in total. The minimum Gasteiger partial charge on any atom is -0.511 e. The summed E-state index contributed by atoms with van der Waals surface area (Å²) in [6, 6.07) is 17.7. The molecule has 3 aliphatic carbocycles. The van der Waals surface area contributed by atoms with Crippen LogP contribution in [0.1, 0.15) is 50.3 Å². The summed E-state index contributed by atoms with van der Waals surface area (Å²) in [7, 11) is 0. The van der Waals surface area contributed by atoms with Gasteiger partial charge in [-0.2, -0.15) is 0 Å². The van der Waals surface area contributed by atoms with Crippen LogP contribution in [-0.2, 0) is 11.2 Å². The molecule has 5 heteroatoms. The Morgan fingerprint density at radius 3 is 2.40 bits per heavy atom. The van der Waals surface area contributed by atoms with Crippen molar-refractivity contribution in [1.82, 2.24) is 0 Å². The highest BCUT2D eigenvalue weighted by Crippen LogP contribution is 2.54. The first kappa shape index (κ1) is 25.9. The van der Waals surface area contributed by atoms with Gasteiger partial charge in [-0.25, -0.2) is 0 Å². The minimum absolute atomic E-state index is 0.0360. The molecule has 0 saturated heterocycles. The Morgan fingerprint density at radius 2 is 1.62 bits per heavy atom. The van der Waals surface area contributed by atoms with Crippen molar-refractivity contribution in [2.45, 2.75) is 40.0 Å². The fourth-order valence-corrected chi connectivity index (χ4v) is 6.41. The van der Waals surface area contributed by atoms with Crippen LogP contribution in [0.2, 0.25) is 0 Å². The average molecular weight is 535 g/mol. The first-order chi connectivity index (χ1) is 19.1. The summed E-state index contributed by atoms with van der Waals surface area (Å²) in [6.07, 6.45) is 8.57. The van der Waals surface area contributed by atoms with Crippen molar-refractivity contribution in [3.8, 4) is 28.4 Å². The van der Waals surface area contributed by atoms with E-state index in [1.807, 2.05) is 43.3 Å². The standard InChI is InChI=1S/C35H34O5/c1-20-13-22-7-9-27(37)15-25(22)17-32(20)40-28-11-12-35(3)19-21(2)34(39)33(30(35)18-28)24-8-10-29(31(38)16-24)23-5-4-6-26(36)14-23/h4-11,14-18,20-21,36-39H,12-13,19H2,1-3H3. The van der Waals surface area contributed by atoms with Crippen LogP contribution in [0.4, 0.5) is 0 Å². The summed E-state index contributed by atoms with van der Waals surface area (Å²) in [5.74, 6) is 2.48. The smallest absolute Gasteiger partial charge is 0.124 e. The summed E-state index contributed by atoms with van der Waals surface area (Å²) in [6.45, 7) is 6.39. The minimum atomic E-state index is -0.196. The third-order valence-corrected chi connectivity index (χ3v) is 8.56. The molecular weight excluding hydrogens is 500 g/mol. The van der Waals surface area contributed by atoms with Crippen molar-refractivity contribution in [1.29, 1.82) is 0 Å². The van der Waals surface area contributed by atoms with Crippen molar-refractivity contribution in [2.75, 3.05) is 0 Å². The largest absolute Gasteiger partial charge is 0.511 e. The molecule has 0 amide bonds. The highest BCUT2D eigenvalue weighted by molar-refractivity contribution is 5.86. The molecule has 3 atom stereocenters. The molecule has 6 rings (SSSR count). The fraction of sp³-hybridized carbons (Fsp3) is 0.257. The van der Waals surface area contributed by atoms with Gasteiger partial charge >= 0.3 is 0 Å². The molecule has 204 valence electrons. The molecule has 3 aliphatic rings. The van der Waals surface area contributed by atoms with Gasteiger partial charge in [-0.05, 0) is 101 Å². The topological polar surface area (TPSA) is 90.2 Å². The van der Waals surface area contributed by atoms with Crippen LogP contribution in [0.15, 0.2) is 95.7 Å². The Bertz CT molecular complexity index is 1640. The third-order valence-electron chi connectivity index (χ3n) is 8.56. The quantitative estimate of drug-likeness (QED) is 0.271. The lowest BCUT2D eigenvalue weighted by Crippen LogP contribution is -2.31. The first-order valence-electron chi connectivity index (χ1n) is 13.8. The van der Waals surface area contributed by atoms with E-state index in [2.05, 4.69) is 19.9 Å². The van der Waals surface area contributed by atoms with Crippen LogP contribution in [0, 0.1) is 17.3 Å². The number of benzene rings is 3. The summed E-state index contributed by atoms with van der Waals surface area (Å²) in [5.41, 5.74) is 5.74. The molecule has 0 bridgehead atoms. The van der Waals surface area contributed by atoms with Crippen molar-refractivity contribution >= 4 is 11.6 Å². The lowest BCUT2D eigenvalue weighted by atomic mass is 9.63. The molecule has 0 saturated carbocycles. The van der Waals surface area contributed by atoms with Crippen molar-refractivity contribution < 1.29 is 25.2 Å². The summed E-state index contributed by atoms with van der Waals surface area (Å²) in [4.78, 5) is 0. The maximum Gasteiger partial charge on any atom is 0.124 e. The number of aliphatic hydroxyl groups is 1. The number of fused-ring (bicyclic) bond motifs is 2. The normalized spacial score (nSPS) is 23.9. The van der Waals surface area contributed by atoms with Gasteiger partial charge in [0.05, 0.1) is 0 Å². The van der Waals surface area contributed by atoms with Crippen LogP contribution < -0.4 is 0 Å². The monoisotopic (exact) mass is 534 g/mol. The number of phenols is 3. The molecule has 40 heavy (non-hydrogen) atoms. The predicted molar refractivity (Wildman–Crippen MR) is 157 cm³/mol. The molecule has 0 radical (unpaired) electrons. The number of ether oxygens (including phenoxy) is 1. The van der Waals surface area contributed by atoms with E-state index in [1.54, 1.807) is 36.4 Å². The lowest BCUT2D eigenvalue weighted by Gasteiger charge is -2.42. The number of aliphatic hydroxyl groups excluding tert-OH is 1. The first-order valence-corrected chi connectivity index (χ1v) is 13.8. The summed E-state index contributed by atoms with van der Waals surface area (Å²) >= 11 is 0. The molecule has 3 unspecified atom stereocenters. The Kier molecular flexibility index (Phi) is 6.25. The number of rotatable bonds is 4. The number of phenolic OH excluding ortho intramolecular Hbond substituents is 3. The number of hydrogen-bond acceptors (Lipinski definition) is 5. The number of allylic oxidation sites excluding steroid dienone is 6. The van der Waals surface area contributed by atoms with Gasteiger partial charge in [0, 0.05) is 23.0 Å². The van der Waals surface area contributed by atoms with Gasteiger partial charge < -0.3 is 25.2 Å². The van der Waals surface area contributed by atoms with E-state index in [9.17, 15) is 20.4 Å². The molecule has 5 nitrogen and oxygen atoms in total. The van der Waals surface area contributed by atoms with Crippen molar-refractivity contribution in [3.63, 3.8) is 0 Å². The van der Waals surface area contributed by atoms with E-state index in [4.69, 9.17) is 4.74 Å². The maximum absolute atomic E-state index is 11.4. The summed E-state index contributed by atoms with van der Waals surface area (Å²) in [5, 5.41) is 42.3.